The molecule has 0 spiro atoms. The Morgan fingerprint density at radius 1 is 1.31 bits per heavy atom. The first-order chi connectivity index (χ1) is 12.3. The summed E-state index contributed by atoms with van der Waals surface area (Å²) in [6.45, 7) is 6.22. The molecule has 2 N–H and O–H groups in total. The molecule has 0 aliphatic carbocycles. The molecule has 1 amide bonds. The minimum atomic E-state index is -4.38. The van der Waals surface area contributed by atoms with E-state index in [9.17, 15) is 18.0 Å². The molecular formula is C19H28F3N3O. The normalized spacial score (nSPS) is 18.5. The average molecular weight is 371 g/mol. The number of anilines is 1. The maximum atomic E-state index is 12.7. The monoisotopic (exact) mass is 371 g/mol. The van der Waals surface area contributed by atoms with Gasteiger partial charge in [-0.3, -0.25) is 4.79 Å². The number of benzene rings is 1. The molecule has 1 heterocycles. The lowest BCUT2D eigenvalue weighted by Gasteiger charge is -2.30. The Balaban J connectivity index is 1.59. The molecule has 1 aromatic rings. The van der Waals surface area contributed by atoms with E-state index in [1.54, 1.807) is 0 Å². The Kier molecular flexibility index (Phi) is 7.75. The fraction of sp³-hybridized carbons (Fsp3) is 0.632. The van der Waals surface area contributed by atoms with Gasteiger partial charge >= 0.3 is 6.18 Å². The van der Waals surface area contributed by atoms with E-state index in [1.807, 2.05) is 0 Å². The van der Waals surface area contributed by atoms with Crippen LogP contribution in [0.2, 0.25) is 0 Å². The summed E-state index contributed by atoms with van der Waals surface area (Å²) in [5.41, 5.74) is -0.441. The Hall–Kier alpha value is -1.76. The van der Waals surface area contributed by atoms with E-state index in [4.69, 9.17) is 0 Å². The number of hydrogen-bond donors (Lipinski definition) is 2. The second-order valence-corrected chi connectivity index (χ2v) is 7.04. The van der Waals surface area contributed by atoms with Gasteiger partial charge in [-0.15, -0.1) is 0 Å². The van der Waals surface area contributed by atoms with Crippen LogP contribution in [0.1, 0.15) is 38.2 Å². The number of rotatable bonds is 8. The molecule has 0 radical (unpaired) electrons. The maximum absolute atomic E-state index is 12.7. The predicted molar refractivity (Wildman–Crippen MR) is 97.0 cm³/mol. The molecule has 1 aliphatic heterocycles. The average Bonchev–Trinajstić information content (AvgIpc) is 2.59. The fourth-order valence-electron chi connectivity index (χ4n) is 3.23. The molecule has 2 rings (SSSR count). The van der Waals surface area contributed by atoms with Crippen molar-refractivity contribution in [1.82, 2.24) is 10.2 Å². The molecule has 1 unspecified atom stereocenters. The van der Waals surface area contributed by atoms with E-state index in [-0.39, 0.29) is 18.1 Å². The summed E-state index contributed by atoms with van der Waals surface area (Å²) < 4.78 is 38.0. The minimum Gasteiger partial charge on any atom is -0.376 e. The Morgan fingerprint density at radius 2 is 2.12 bits per heavy atom. The summed E-state index contributed by atoms with van der Waals surface area (Å²) >= 11 is 0. The molecule has 1 atom stereocenters. The topological polar surface area (TPSA) is 44.4 Å². The summed E-state index contributed by atoms with van der Waals surface area (Å²) in [6.07, 6.45) is 0.130. The highest BCUT2D eigenvalue weighted by Crippen LogP contribution is 2.30. The molecule has 146 valence electrons. The number of likely N-dealkylation sites (tertiary alicyclic amines) is 1. The number of unbranched alkanes of at least 4 members (excludes halogenated alkanes) is 1. The van der Waals surface area contributed by atoms with Gasteiger partial charge in [0.25, 0.3) is 0 Å². The third kappa shape index (κ3) is 7.23. The number of piperidine rings is 1. The molecule has 1 aromatic carbocycles. The van der Waals surface area contributed by atoms with Crippen LogP contribution < -0.4 is 10.6 Å². The van der Waals surface area contributed by atoms with Crippen LogP contribution in [-0.2, 0) is 11.0 Å². The smallest absolute Gasteiger partial charge is 0.376 e. The number of carbonyl (C=O) groups excluding carboxylic acids is 1. The van der Waals surface area contributed by atoms with Crippen LogP contribution in [0, 0.1) is 5.92 Å². The van der Waals surface area contributed by atoms with Gasteiger partial charge in [0.1, 0.15) is 0 Å². The molecule has 26 heavy (non-hydrogen) atoms. The Morgan fingerprint density at radius 3 is 2.85 bits per heavy atom. The number of amides is 1. The van der Waals surface area contributed by atoms with Crippen LogP contribution in [0.4, 0.5) is 18.9 Å². The van der Waals surface area contributed by atoms with Gasteiger partial charge in [-0.1, -0.05) is 13.0 Å². The molecule has 7 heteroatoms. The highest BCUT2D eigenvalue weighted by Gasteiger charge is 2.30. The molecule has 0 aromatic heterocycles. The highest BCUT2D eigenvalue weighted by molar-refractivity contribution is 5.80. The third-order valence-electron chi connectivity index (χ3n) is 4.61. The van der Waals surface area contributed by atoms with E-state index in [0.717, 1.165) is 50.5 Å². The van der Waals surface area contributed by atoms with E-state index < -0.39 is 11.7 Å². The predicted octanol–water partition coefficient (Wildman–Crippen LogP) is 3.75. The standard InChI is InChI=1S/C19H28F3N3O/c1-15-6-5-11-25(14-15)10-3-2-9-23-18(26)13-24-17-8-4-7-16(12-17)19(20,21)22/h4,7-8,12,15,24H,2-3,5-6,9-11,13-14H2,1H3,(H,23,26). The van der Waals surface area contributed by atoms with Crippen molar-refractivity contribution in [3.8, 4) is 0 Å². The van der Waals surface area contributed by atoms with Gasteiger partial charge in [0.05, 0.1) is 12.1 Å². The van der Waals surface area contributed by atoms with Crippen molar-refractivity contribution in [3.63, 3.8) is 0 Å². The van der Waals surface area contributed by atoms with Gasteiger partial charge in [-0.25, -0.2) is 0 Å². The molecular weight excluding hydrogens is 343 g/mol. The van der Waals surface area contributed by atoms with Gasteiger partial charge in [0.2, 0.25) is 5.91 Å². The third-order valence-corrected chi connectivity index (χ3v) is 4.61. The SMILES string of the molecule is CC1CCCN(CCCCNC(=O)CNc2cccc(C(F)(F)F)c2)C1. The molecule has 4 nitrogen and oxygen atoms in total. The first-order valence-corrected chi connectivity index (χ1v) is 9.25. The number of halogens is 3. The van der Waals surface area contributed by atoms with Crippen LogP contribution in [0.3, 0.4) is 0 Å². The fourth-order valence-corrected chi connectivity index (χ4v) is 3.23. The zero-order chi connectivity index (χ0) is 19.0. The Bertz CT molecular complexity index is 577. The zero-order valence-electron chi connectivity index (χ0n) is 15.2. The zero-order valence-corrected chi connectivity index (χ0v) is 15.2. The van der Waals surface area contributed by atoms with Crippen LogP contribution in [-0.4, -0.2) is 43.5 Å². The molecule has 1 aliphatic rings. The quantitative estimate of drug-likeness (QED) is 0.684. The van der Waals surface area contributed by atoms with Crippen molar-refractivity contribution in [3.05, 3.63) is 29.8 Å². The minimum absolute atomic E-state index is 0.0368. The van der Waals surface area contributed by atoms with E-state index in [0.29, 0.717) is 6.54 Å². The number of alkyl halides is 3. The lowest BCUT2D eigenvalue weighted by atomic mass is 10.0. The summed E-state index contributed by atoms with van der Waals surface area (Å²) in [5.74, 6) is 0.555. The van der Waals surface area contributed by atoms with Crippen molar-refractivity contribution < 1.29 is 18.0 Å². The highest BCUT2D eigenvalue weighted by atomic mass is 19.4. The summed E-state index contributed by atoms with van der Waals surface area (Å²) in [6, 6.07) is 4.86. The molecule has 0 bridgehead atoms. The first kappa shape index (κ1) is 20.6. The number of hydrogen-bond acceptors (Lipinski definition) is 3. The van der Waals surface area contributed by atoms with Crippen molar-refractivity contribution in [2.75, 3.05) is 38.0 Å². The lowest BCUT2D eigenvalue weighted by Crippen LogP contribution is -2.35. The molecule has 1 saturated heterocycles. The van der Waals surface area contributed by atoms with Crippen molar-refractivity contribution in [1.29, 1.82) is 0 Å². The van der Waals surface area contributed by atoms with Crippen molar-refractivity contribution in [2.24, 2.45) is 5.92 Å². The molecule has 1 fully saturated rings. The van der Waals surface area contributed by atoms with Crippen LogP contribution in [0.5, 0.6) is 0 Å². The summed E-state index contributed by atoms with van der Waals surface area (Å²) in [7, 11) is 0. The van der Waals surface area contributed by atoms with Gasteiger partial charge in [-0.05, 0) is 62.9 Å². The second-order valence-electron chi connectivity index (χ2n) is 7.04. The number of carbonyl (C=O) groups is 1. The van der Waals surface area contributed by atoms with E-state index >= 15 is 0 Å². The maximum Gasteiger partial charge on any atom is 0.416 e. The second kappa shape index (κ2) is 9.80. The van der Waals surface area contributed by atoms with Gasteiger partial charge in [0, 0.05) is 18.8 Å². The van der Waals surface area contributed by atoms with Crippen LogP contribution in [0.15, 0.2) is 24.3 Å². The molecule has 0 saturated carbocycles. The van der Waals surface area contributed by atoms with E-state index in [1.165, 1.54) is 25.0 Å². The summed E-state index contributed by atoms with van der Waals surface area (Å²) in [4.78, 5) is 14.3. The largest absolute Gasteiger partial charge is 0.416 e. The van der Waals surface area contributed by atoms with Gasteiger partial charge < -0.3 is 15.5 Å². The number of nitrogens with one attached hydrogen (secondary N) is 2. The number of nitrogens with zero attached hydrogens (tertiary/aromatic N) is 1. The first-order valence-electron chi connectivity index (χ1n) is 9.25. The van der Waals surface area contributed by atoms with Crippen LogP contribution in [0.25, 0.3) is 0 Å². The lowest BCUT2D eigenvalue weighted by molar-refractivity contribution is -0.137. The van der Waals surface area contributed by atoms with Gasteiger partial charge in [-0.2, -0.15) is 13.2 Å². The summed E-state index contributed by atoms with van der Waals surface area (Å²) in [5, 5.41) is 5.54. The van der Waals surface area contributed by atoms with Crippen molar-refractivity contribution >= 4 is 11.6 Å². The van der Waals surface area contributed by atoms with Gasteiger partial charge in [0.15, 0.2) is 0 Å². The Labute approximate surface area is 153 Å². The van der Waals surface area contributed by atoms with E-state index in [2.05, 4.69) is 22.5 Å². The van der Waals surface area contributed by atoms with Crippen molar-refractivity contribution in [2.45, 2.75) is 38.8 Å². The van der Waals surface area contributed by atoms with Crippen LogP contribution >= 0.6 is 0 Å².